The molecule has 1 fully saturated rings. The number of rotatable bonds is 7. The number of benzene rings is 1. The molecule has 1 saturated carbocycles. The molecule has 0 radical (unpaired) electrons. The van der Waals surface area contributed by atoms with Gasteiger partial charge in [0, 0.05) is 22.9 Å². The standard InChI is InChI=1S/C16H17BrO4/c1-21-16(20)13(15(19)7-10-5-6-10)9-14(18)11-3-2-4-12(17)8-11/h2-4,8,10,13H,5-7,9H2,1H3. The van der Waals surface area contributed by atoms with Gasteiger partial charge >= 0.3 is 5.97 Å². The first-order valence-corrected chi connectivity index (χ1v) is 7.70. The monoisotopic (exact) mass is 352 g/mol. The molecule has 0 amide bonds. The van der Waals surface area contributed by atoms with Crippen molar-refractivity contribution in [2.24, 2.45) is 11.8 Å². The van der Waals surface area contributed by atoms with E-state index in [0.29, 0.717) is 17.9 Å². The fraction of sp³-hybridized carbons (Fsp3) is 0.438. The second-order valence-electron chi connectivity index (χ2n) is 5.33. The second-order valence-corrected chi connectivity index (χ2v) is 6.24. The number of hydrogen-bond acceptors (Lipinski definition) is 4. The maximum absolute atomic E-state index is 12.3. The van der Waals surface area contributed by atoms with Crippen LogP contribution in [0.25, 0.3) is 0 Å². The van der Waals surface area contributed by atoms with Gasteiger partial charge in [-0.3, -0.25) is 14.4 Å². The molecule has 0 aliphatic heterocycles. The second kappa shape index (κ2) is 6.98. The minimum Gasteiger partial charge on any atom is -0.468 e. The van der Waals surface area contributed by atoms with Crippen LogP contribution in [0.4, 0.5) is 0 Å². The quantitative estimate of drug-likeness (QED) is 0.429. The summed E-state index contributed by atoms with van der Waals surface area (Å²) in [4.78, 5) is 36.2. The Labute approximate surface area is 132 Å². The minimum absolute atomic E-state index is 0.130. The van der Waals surface area contributed by atoms with Gasteiger partial charge in [-0.25, -0.2) is 0 Å². The highest BCUT2D eigenvalue weighted by molar-refractivity contribution is 9.10. The van der Waals surface area contributed by atoms with Crippen molar-refractivity contribution in [1.29, 1.82) is 0 Å². The molecule has 4 nitrogen and oxygen atoms in total. The summed E-state index contributed by atoms with van der Waals surface area (Å²) in [5, 5.41) is 0. The van der Waals surface area contributed by atoms with Crippen LogP contribution in [0.2, 0.25) is 0 Å². The third-order valence-electron chi connectivity index (χ3n) is 3.60. The number of methoxy groups -OCH3 is 1. The molecule has 1 aromatic rings. The number of ketones is 2. The van der Waals surface area contributed by atoms with E-state index >= 15 is 0 Å². The van der Waals surface area contributed by atoms with Gasteiger partial charge in [0.05, 0.1) is 7.11 Å². The molecule has 1 atom stereocenters. The van der Waals surface area contributed by atoms with E-state index in [1.807, 2.05) is 6.07 Å². The Morgan fingerprint density at radius 1 is 1.33 bits per heavy atom. The van der Waals surface area contributed by atoms with Gasteiger partial charge in [0.25, 0.3) is 0 Å². The molecule has 0 heterocycles. The number of ether oxygens (including phenoxy) is 1. The Morgan fingerprint density at radius 2 is 2.05 bits per heavy atom. The fourth-order valence-corrected chi connectivity index (χ4v) is 2.58. The summed E-state index contributed by atoms with van der Waals surface area (Å²) < 4.78 is 5.46. The van der Waals surface area contributed by atoms with Gasteiger partial charge in [-0.15, -0.1) is 0 Å². The lowest BCUT2D eigenvalue weighted by Crippen LogP contribution is -2.28. The number of carbonyl (C=O) groups is 3. The van der Waals surface area contributed by atoms with Gasteiger partial charge in [0.2, 0.25) is 0 Å². The SMILES string of the molecule is COC(=O)C(CC(=O)c1cccc(Br)c1)C(=O)CC1CC1. The average Bonchev–Trinajstić information content (AvgIpc) is 3.27. The third kappa shape index (κ3) is 4.49. The Kier molecular flexibility index (Phi) is 5.28. The van der Waals surface area contributed by atoms with Crippen LogP contribution < -0.4 is 0 Å². The van der Waals surface area contributed by atoms with Crippen molar-refractivity contribution in [3.05, 3.63) is 34.3 Å². The largest absolute Gasteiger partial charge is 0.468 e. The van der Waals surface area contributed by atoms with Crippen LogP contribution in [0, 0.1) is 11.8 Å². The highest BCUT2D eigenvalue weighted by Gasteiger charge is 2.34. The van der Waals surface area contributed by atoms with E-state index in [9.17, 15) is 14.4 Å². The van der Waals surface area contributed by atoms with Crippen LogP contribution in [0.15, 0.2) is 28.7 Å². The van der Waals surface area contributed by atoms with Crippen molar-refractivity contribution in [1.82, 2.24) is 0 Å². The number of carbonyl (C=O) groups excluding carboxylic acids is 3. The minimum atomic E-state index is -0.984. The van der Waals surface area contributed by atoms with Gasteiger partial charge < -0.3 is 4.74 Å². The zero-order valence-electron chi connectivity index (χ0n) is 11.8. The summed E-state index contributed by atoms with van der Waals surface area (Å²) in [6, 6.07) is 6.91. The molecular formula is C16H17BrO4. The van der Waals surface area contributed by atoms with Crippen molar-refractivity contribution >= 4 is 33.5 Å². The highest BCUT2D eigenvalue weighted by atomic mass is 79.9. The van der Waals surface area contributed by atoms with Gasteiger partial charge in [0.15, 0.2) is 5.78 Å². The van der Waals surface area contributed by atoms with E-state index in [1.54, 1.807) is 18.2 Å². The summed E-state index contributed by atoms with van der Waals surface area (Å²) in [7, 11) is 1.24. The van der Waals surface area contributed by atoms with E-state index in [1.165, 1.54) is 7.11 Å². The molecular weight excluding hydrogens is 336 g/mol. The summed E-state index contributed by atoms with van der Waals surface area (Å²) in [5.41, 5.74) is 0.484. The molecule has 1 aliphatic carbocycles. The zero-order chi connectivity index (χ0) is 15.4. The molecule has 112 valence electrons. The van der Waals surface area contributed by atoms with Gasteiger partial charge in [-0.2, -0.15) is 0 Å². The third-order valence-corrected chi connectivity index (χ3v) is 4.09. The van der Waals surface area contributed by atoms with E-state index in [-0.39, 0.29) is 18.0 Å². The van der Waals surface area contributed by atoms with Crippen molar-refractivity contribution in [2.45, 2.75) is 25.7 Å². The lowest BCUT2D eigenvalue weighted by molar-refractivity contribution is -0.149. The molecule has 2 rings (SSSR count). The van der Waals surface area contributed by atoms with Gasteiger partial charge in [0.1, 0.15) is 11.7 Å². The van der Waals surface area contributed by atoms with Crippen molar-refractivity contribution in [3.63, 3.8) is 0 Å². The van der Waals surface area contributed by atoms with Crippen molar-refractivity contribution < 1.29 is 19.1 Å². The molecule has 0 aromatic heterocycles. The average molecular weight is 353 g/mol. The summed E-state index contributed by atoms with van der Waals surface area (Å²) in [5.74, 6) is -1.64. The number of halogens is 1. The highest BCUT2D eigenvalue weighted by Crippen LogP contribution is 2.34. The zero-order valence-corrected chi connectivity index (χ0v) is 13.4. The smallest absolute Gasteiger partial charge is 0.316 e. The molecule has 21 heavy (non-hydrogen) atoms. The molecule has 1 aliphatic rings. The summed E-state index contributed by atoms with van der Waals surface area (Å²) in [6.45, 7) is 0. The number of hydrogen-bond donors (Lipinski definition) is 0. The first-order chi connectivity index (χ1) is 10.0. The van der Waals surface area contributed by atoms with Crippen LogP contribution in [0.5, 0.6) is 0 Å². The fourth-order valence-electron chi connectivity index (χ4n) is 2.18. The topological polar surface area (TPSA) is 60.4 Å². The molecule has 0 N–H and O–H groups in total. The van der Waals surface area contributed by atoms with Crippen LogP contribution in [-0.4, -0.2) is 24.6 Å². The predicted molar refractivity (Wildman–Crippen MR) is 80.9 cm³/mol. The lowest BCUT2D eigenvalue weighted by Gasteiger charge is -2.13. The van der Waals surface area contributed by atoms with Gasteiger partial charge in [-0.1, -0.05) is 28.1 Å². The molecule has 1 unspecified atom stereocenters. The Morgan fingerprint density at radius 3 is 2.62 bits per heavy atom. The van der Waals surface area contributed by atoms with E-state index < -0.39 is 11.9 Å². The van der Waals surface area contributed by atoms with Gasteiger partial charge in [-0.05, 0) is 30.9 Å². The van der Waals surface area contributed by atoms with E-state index in [2.05, 4.69) is 20.7 Å². The molecule has 0 bridgehead atoms. The van der Waals surface area contributed by atoms with Crippen molar-refractivity contribution in [2.75, 3.05) is 7.11 Å². The maximum Gasteiger partial charge on any atom is 0.316 e. The first kappa shape index (κ1) is 15.9. The molecule has 0 spiro atoms. The molecule has 0 saturated heterocycles. The first-order valence-electron chi connectivity index (χ1n) is 6.90. The Balaban J connectivity index is 2.08. The van der Waals surface area contributed by atoms with E-state index in [4.69, 9.17) is 0 Å². The normalized spacial score (nSPS) is 15.3. The predicted octanol–water partition coefficient (Wildman–Crippen LogP) is 3.18. The van der Waals surface area contributed by atoms with E-state index in [0.717, 1.165) is 17.3 Å². The van der Waals surface area contributed by atoms with Crippen molar-refractivity contribution in [3.8, 4) is 0 Å². The Hall–Kier alpha value is -1.49. The van der Waals surface area contributed by atoms with Crippen LogP contribution in [0.3, 0.4) is 0 Å². The van der Waals surface area contributed by atoms with Crippen LogP contribution in [0.1, 0.15) is 36.0 Å². The number of Topliss-reactive ketones (excluding diaryl/α,β-unsaturated/α-hetero) is 2. The Bertz CT molecular complexity index is 563. The summed E-state index contributed by atoms with van der Waals surface area (Å²) in [6.07, 6.45) is 2.29. The number of esters is 1. The molecule has 5 heteroatoms. The maximum atomic E-state index is 12.3. The molecule has 1 aromatic carbocycles. The lowest BCUT2D eigenvalue weighted by atomic mass is 9.92. The van der Waals surface area contributed by atoms with Crippen LogP contribution in [-0.2, 0) is 14.3 Å². The summed E-state index contributed by atoms with van der Waals surface area (Å²) >= 11 is 3.30. The van der Waals surface area contributed by atoms with Crippen LogP contribution >= 0.6 is 15.9 Å².